The van der Waals surface area contributed by atoms with Gasteiger partial charge in [-0.2, -0.15) is 0 Å². The van der Waals surface area contributed by atoms with Gasteiger partial charge in [0.05, 0.1) is 20.3 Å². The molecular formula is C15H21IO3. The molecule has 0 fully saturated rings. The molecule has 0 saturated heterocycles. The quantitative estimate of drug-likeness (QED) is 0.556. The molecule has 4 heteroatoms. The van der Waals surface area contributed by atoms with Gasteiger partial charge in [-0.25, -0.2) is 0 Å². The second-order valence-electron chi connectivity index (χ2n) is 4.35. The van der Waals surface area contributed by atoms with Crippen LogP contribution in [0.4, 0.5) is 0 Å². The van der Waals surface area contributed by atoms with E-state index in [1.165, 1.54) is 3.58 Å². The molecule has 0 spiro atoms. The molecule has 0 heterocycles. The Morgan fingerprint density at radius 2 is 1.95 bits per heavy atom. The highest BCUT2D eigenvalue weighted by atomic mass is 127. The minimum Gasteiger partial charge on any atom is -0.497 e. The third-order valence-electron chi connectivity index (χ3n) is 2.81. The molecule has 106 valence electrons. The van der Waals surface area contributed by atoms with E-state index in [1.54, 1.807) is 7.11 Å². The molecule has 1 N–H and O–H groups in total. The van der Waals surface area contributed by atoms with Gasteiger partial charge in [-0.05, 0) is 69.2 Å². The summed E-state index contributed by atoms with van der Waals surface area (Å²) in [6.45, 7) is 3.46. The van der Waals surface area contributed by atoms with Crippen molar-refractivity contribution in [1.82, 2.24) is 0 Å². The Morgan fingerprint density at radius 1 is 1.26 bits per heavy atom. The lowest BCUT2D eigenvalue weighted by Crippen LogP contribution is -1.97. The minimum atomic E-state index is 0.144. The number of halogens is 1. The lowest BCUT2D eigenvalue weighted by molar-refractivity contribution is 0.119. The summed E-state index contributed by atoms with van der Waals surface area (Å²) in [5, 5.41) is 9.00. The van der Waals surface area contributed by atoms with E-state index in [0.717, 1.165) is 36.3 Å². The SMILES string of the molecule is COc1ccc(COCCC/C(I)=C(\C)CO)cc1. The molecule has 0 aliphatic heterocycles. The van der Waals surface area contributed by atoms with E-state index in [0.29, 0.717) is 6.61 Å². The Balaban J connectivity index is 2.20. The highest BCUT2D eigenvalue weighted by Crippen LogP contribution is 2.18. The minimum absolute atomic E-state index is 0.144. The first-order valence-electron chi connectivity index (χ1n) is 6.33. The van der Waals surface area contributed by atoms with E-state index < -0.39 is 0 Å². The molecule has 0 bridgehead atoms. The zero-order valence-corrected chi connectivity index (χ0v) is 13.6. The van der Waals surface area contributed by atoms with Gasteiger partial charge >= 0.3 is 0 Å². The third-order valence-corrected chi connectivity index (χ3v) is 4.27. The van der Waals surface area contributed by atoms with Crippen molar-refractivity contribution in [2.24, 2.45) is 0 Å². The molecule has 3 nitrogen and oxygen atoms in total. The normalized spacial score (nSPS) is 12.2. The Bertz CT molecular complexity index is 398. The molecule has 0 saturated carbocycles. The van der Waals surface area contributed by atoms with Gasteiger partial charge in [0, 0.05) is 6.61 Å². The summed E-state index contributed by atoms with van der Waals surface area (Å²) in [5.41, 5.74) is 2.20. The van der Waals surface area contributed by atoms with E-state index in [4.69, 9.17) is 14.6 Å². The first-order valence-corrected chi connectivity index (χ1v) is 7.41. The van der Waals surface area contributed by atoms with E-state index in [9.17, 15) is 0 Å². The molecule has 0 atom stereocenters. The summed E-state index contributed by atoms with van der Waals surface area (Å²) in [4.78, 5) is 0. The van der Waals surface area contributed by atoms with Crippen molar-refractivity contribution < 1.29 is 14.6 Å². The monoisotopic (exact) mass is 376 g/mol. The topological polar surface area (TPSA) is 38.7 Å². The smallest absolute Gasteiger partial charge is 0.118 e. The van der Waals surface area contributed by atoms with Crippen LogP contribution in [0.25, 0.3) is 0 Å². The molecule has 0 aromatic heterocycles. The highest BCUT2D eigenvalue weighted by molar-refractivity contribution is 14.1. The highest BCUT2D eigenvalue weighted by Gasteiger charge is 1.99. The average Bonchev–Trinajstić information content (AvgIpc) is 2.46. The van der Waals surface area contributed by atoms with Crippen molar-refractivity contribution in [3.8, 4) is 5.75 Å². The van der Waals surface area contributed by atoms with Gasteiger partial charge in [0.25, 0.3) is 0 Å². The van der Waals surface area contributed by atoms with E-state index in [-0.39, 0.29) is 6.61 Å². The van der Waals surface area contributed by atoms with Crippen molar-refractivity contribution in [2.75, 3.05) is 20.3 Å². The number of hydrogen-bond donors (Lipinski definition) is 1. The Kier molecular flexibility index (Phi) is 8.09. The van der Waals surface area contributed by atoms with E-state index in [1.807, 2.05) is 31.2 Å². The predicted molar refractivity (Wildman–Crippen MR) is 85.7 cm³/mol. The first kappa shape index (κ1) is 16.5. The van der Waals surface area contributed by atoms with Gasteiger partial charge in [-0.3, -0.25) is 0 Å². The molecule has 0 aliphatic rings. The van der Waals surface area contributed by atoms with Crippen LogP contribution in [-0.2, 0) is 11.3 Å². The zero-order valence-electron chi connectivity index (χ0n) is 11.5. The van der Waals surface area contributed by atoms with E-state index in [2.05, 4.69) is 22.6 Å². The summed E-state index contributed by atoms with van der Waals surface area (Å²) in [6, 6.07) is 7.90. The Labute approximate surface area is 128 Å². The number of benzene rings is 1. The van der Waals surface area contributed by atoms with E-state index >= 15 is 0 Å². The molecule has 0 radical (unpaired) electrons. The molecule has 1 aromatic carbocycles. The fourth-order valence-corrected chi connectivity index (χ4v) is 2.09. The number of methoxy groups -OCH3 is 1. The standard InChI is InChI=1S/C15H21IO3/c1-12(10-17)15(16)4-3-9-19-11-13-5-7-14(18-2)8-6-13/h5-8,17H,3-4,9-11H2,1-2H3/b15-12-. The number of aliphatic hydroxyl groups excluding tert-OH is 1. The zero-order chi connectivity index (χ0) is 14.1. The van der Waals surface area contributed by atoms with Crippen LogP contribution in [0, 0.1) is 0 Å². The number of rotatable bonds is 8. The van der Waals surface area contributed by atoms with Crippen LogP contribution in [0.5, 0.6) is 5.75 Å². The maximum absolute atomic E-state index is 9.00. The summed E-state index contributed by atoms with van der Waals surface area (Å²) in [7, 11) is 1.66. The summed E-state index contributed by atoms with van der Waals surface area (Å²) >= 11 is 2.29. The van der Waals surface area contributed by atoms with Gasteiger partial charge in [-0.1, -0.05) is 12.1 Å². The van der Waals surface area contributed by atoms with Crippen LogP contribution in [0.3, 0.4) is 0 Å². The molecular weight excluding hydrogens is 355 g/mol. The van der Waals surface area contributed by atoms with Crippen LogP contribution >= 0.6 is 22.6 Å². The van der Waals surface area contributed by atoms with Crippen LogP contribution in [-0.4, -0.2) is 25.4 Å². The van der Waals surface area contributed by atoms with Crippen molar-refractivity contribution in [3.05, 3.63) is 39.0 Å². The number of aliphatic hydroxyl groups is 1. The second-order valence-corrected chi connectivity index (χ2v) is 5.65. The molecule has 1 aromatic rings. The maximum atomic E-state index is 9.00. The molecule has 0 amide bonds. The summed E-state index contributed by atoms with van der Waals surface area (Å²) in [5.74, 6) is 0.864. The first-order chi connectivity index (χ1) is 9.17. The Morgan fingerprint density at radius 3 is 2.53 bits per heavy atom. The lowest BCUT2D eigenvalue weighted by atomic mass is 10.2. The molecule has 0 unspecified atom stereocenters. The fraction of sp³-hybridized carbons (Fsp3) is 0.467. The molecule has 0 aliphatic carbocycles. The predicted octanol–water partition coefficient (Wildman–Crippen LogP) is 3.69. The van der Waals surface area contributed by atoms with Crippen LogP contribution in [0.1, 0.15) is 25.3 Å². The molecule has 19 heavy (non-hydrogen) atoms. The van der Waals surface area contributed by atoms with Crippen molar-refractivity contribution in [2.45, 2.75) is 26.4 Å². The summed E-state index contributed by atoms with van der Waals surface area (Å²) < 4.78 is 12.0. The largest absolute Gasteiger partial charge is 0.497 e. The number of ether oxygens (including phenoxy) is 2. The van der Waals surface area contributed by atoms with Gasteiger partial charge < -0.3 is 14.6 Å². The average molecular weight is 376 g/mol. The van der Waals surface area contributed by atoms with Crippen molar-refractivity contribution in [1.29, 1.82) is 0 Å². The number of hydrogen-bond acceptors (Lipinski definition) is 3. The van der Waals surface area contributed by atoms with Crippen LogP contribution < -0.4 is 4.74 Å². The molecule has 1 rings (SSSR count). The second kappa shape index (κ2) is 9.34. The van der Waals surface area contributed by atoms with Crippen LogP contribution in [0.15, 0.2) is 33.4 Å². The van der Waals surface area contributed by atoms with Crippen LogP contribution in [0.2, 0.25) is 0 Å². The van der Waals surface area contributed by atoms with Crippen molar-refractivity contribution in [3.63, 3.8) is 0 Å². The summed E-state index contributed by atoms with van der Waals surface area (Å²) in [6.07, 6.45) is 1.95. The fourth-order valence-electron chi connectivity index (χ4n) is 1.54. The van der Waals surface area contributed by atoms with Gasteiger partial charge in [0.15, 0.2) is 0 Å². The lowest BCUT2D eigenvalue weighted by Gasteiger charge is -2.06. The Hall–Kier alpha value is -0.590. The van der Waals surface area contributed by atoms with Crippen molar-refractivity contribution >= 4 is 22.6 Å². The third kappa shape index (κ3) is 6.40. The van der Waals surface area contributed by atoms with Gasteiger partial charge in [0.1, 0.15) is 5.75 Å². The van der Waals surface area contributed by atoms with Gasteiger partial charge in [0.2, 0.25) is 0 Å². The number of allylic oxidation sites excluding steroid dienone is 1. The maximum Gasteiger partial charge on any atom is 0.118 e. The van der Waals surface area contributed by atoms with Gasteiger partial charge in [-0.15, -0.1) is 0 Å².